The second-order valence-electron chi connectivity index (χ2n) is 2.46. The zero-order chi connectivity index (χ0) is 9.59. The van der Waals surface area contributed by atoms with Crippen molar-refractivity contribution in [1.82, 2.24) is 4.37 Å². The normalized spacial score (nSPS) is 10.8. The van der Waals surface area contributed by atoms with Crippen LogP contribution in [-0.2, 0) is 0 Å². The van der Waals surface area contributed by atoms with Crippen LogP contribution in [0.15, 0.2) is 10.9 Å². The van der Waals surface area contributed by atoms with E-state index in [1.54, 1.807) is 0 Å². The number of aromatic amines is 1. The maximum Gasteiger partial charge on any atom is 0.267 e. The van der Waals surface area contributed by atoms with E-state index in [0.717, 1.165) is 11.5 Å². The quantitative estimate of drug-likeness (QED) is 0.588. The Morgan fingerprint density at radius 1 is 1.46 bits per heavy atom. The van der Waals surface area contributed by atoms with Crippen LogP contribution in [-0.4, -0.2) is 14.6 Å². The zero-order valence-electron chi connectivity index (χ0n) is 6.17. The van der Waals surface area contributed by atoms with Gasteiger partial charge in [-0.2, -0.15) is 0 Å². The van der Waals surface area contributed by atoms with E-state index >= 15 is 0 Å². The van der Waals surface area contributed by atoms with Gasteiger partial charge in [0, 0.05) is 6.07 Å². The maximum absolute atomic E-state index is 11.1. The first kappa shape index (κ1) is 8.40. The number of rotatable bonds is 0. The first-order valence-electron chi connectivity index (χ1n) is 3.33. The molecule has 4 nitrogen and oxygen atoms in total. The molecule has 68 valence electrons. The smallest absolute Gasteiger partial charge is 0.267 e. The van der Waals surface area contributed by atoms with Crippen LogP contribution in [0.1, 0.15) is 0 Å². The third-order valence-electron chi connectivity index (χ3n) is 1.66. The average molecular weight is 218 g/mol. The van der Waals surface area contributed by atoms with Gasteiger partial charge in [0.25, 0.3) is 5.56 Å². The molecule has 1 aromatic carbocycles. The summed E-state index contributed by atoms with van der Waals surface area (Å²) in [5, 5.41) is 18.5. The van der Waals surface area contributed by atoms with E-state index < -0.39 is 5.75 Å². The van der Waals surface area contributed by atoms with Crippen LogP contribution in [0.3, 0.4) is 0 Å². The monoisotopic (exact) mass is 217 g/mol. The summed E-state index contributed by atoms with van der Waals surface area (Å²) in [6, 6.07) is 1.29. The van der Waals surface area contributed by atoms with Crippen molar-refractivity contribution in [2.75, 3.05) is 0 Å². The summed E-state index contributed by atoms with van der Waals surface area (Å²) in [4.78, 5) is 11.1. The number of aromatic hydroxyl groups is 2. The van der Waals surface area contributed by atoms with Crippen LogP contribution in [0.25, 0.3) is 10.1 Å². The van der Waals surface area contributed by atoms with Gasteiger partial charge in [-0.15, -0.1) is 0 Å². The molecule has 0 spiro atoms. The number of halogens is 1. The lowest BCUT2D eigenvalue weighted by molar-refractivity contribution is 0.405. The van der Waals surface area contributed by atoms with E-state index in [1.165, 1.54) is 6.07 Å². The minimum absolute atomic E-state index is 0.113. The Bertz CT molecular complexity index is 530. The van der Waals surface area contributed by atoms with Crippen LogP contribution >= 0.6 is 23.1 Å². The van der Waals surface area contributed by atoms with Crippen LogP contribution in [0.5, 0.6) is 11.5 Å². The molecule has 0 amide bonds. The predicted molar refractivity (Wildman–Crippen MR) is 50.8 cm³/mol. The summed E-state index contributed by atoms with van der Waals surface area (Å²) in [7, 11) is 0. The SMILES string of the molecule is O=c1[nH]sc2cc(O)c(O)c(Cl)c12. The molecule has 2 aromatic rings. The van der Waals surface area contributed by atoms with Crippen LogP contribution in [0, 0.1) is 0 Å². The Labute approximate surface area is 81.2 Å². The number of phenolic OH excluding ortho intramolecular Hbond substituents is 2. The highest BCUT2D eigenvalue weighted by Gasteiger charge is 2.14. The van der Waals surface area contributed by atoms with Crippen LogP contribution in [0.4, 0.5) is 0 Å². The van der Waals surface area contributed by atoms with Gasteiger partial charge in [-0.05, 0) is 0 Å². The third kappa shape index (κ3) is 1.08. The van der Waals surface area contributed by atoms with Crippen molar-refractivity contribution in [1.29, 1.82) is 0 Å². The van der Waals surface area contributed by atoms with Crippen molar-refractivity contribution in [3.63, 3.8) is 0 Å². The molecule has 0 fully saturated rings. The fraction of sp³-hybridized carbons (Fsp3) is 0. The summed E-state index contributed by atoms with van der Waals surface area (Å²) in [5.74, 6) is -0.786. The molecule has 0 unspecified atom stereocenters. The summed E-state index contributed by atoms with van der Waals surface area (Å²) < 4.78 is 2.97. The lowest BCUT2D eigenvalue weighted by Crippen LogP contribution is -1.96. The van der Waals surface area contributed by atoms with Gasteiger partial charge in [-0.25, -0.2) is 0 Å². The first-order valence-corrected chi connectivity index (χ1v) is 4.52. The highest BCUT2D eigenvalue weighted by Crippen LogP contribution is 2.38. The van der Waals surface area contributed by atoms with Crippen LogP contribution < -0.4 is 5.56 Å². The van der Waals surface area contributed by atoms with E-state index in [-0.39, 0.29) is 21.7 Å². The van der Waals surface area contributed by atoms with E-state index in [1.807, 2.05) is 0 Å². The molecule has 0 saturated heterocycles. The Hall–Kier alpha value is -1.20. The summed E-state index contributed by atoms with van der Waals surface area (Å²) in [5.41, 5.74) is -0.361. The molecular weight excluding hydrogens is 214 g/mol. The molecule has 0 radical (unpaired) electrons. The van der Waals surface area contributed by atoms with Crippen molar-refractivity contribution < 1.29 is 10.2 Å². The average Bonchev–Trinajstić information content (AvgIpc) is 2.43. The number of nitrogens with one attached hydrogen (secondary N) is 1. The highest BCUT2D eigenvalue weighted by molar-refractivity contribution is 7.13. The molecule has 6 heteroatoms. The lowest BCUT2D eigenvalue weighted by atomic mass is 10.2. The fourth-order valence-corrected chi connectivity index (χ4v) is 2.16. The first-order chi connectivity index (χ1) is 6.11. The molecule has 13 heavy (non-hydrogen) atoms. The van der Waals surface area contributed by atoms with Crippen LogP contribution in [0.2, 0.25) is 5.02 Å². The van der Waals surface area contributed by atoms with Gasteiger partial charge in [0.15, 0.2) is 11.5 Å². The lowest BCUT2D eigenvalue weighted by Gasteiger charge is -1.99. The molecule has 0 bridgehead atoms. The Morgan fingerprint density at radius 3 is 2.85 bits per heavy atom. The number of benzene rings is 1. The molecule has 0 aliphatic heterocycles. The number of aromatic nitrogens is 1. The summed E-state index contributed by atoms with van der Waals surface area (Å²) in [6.45, 7) is 0. The minimum atomic E-state index is -0.460. The molecule has 0 atom stereocenters. The van der Waals surface area contributed by atoms with Gasteiger partial charge >= 0.3 is 0 Å². The molecule has 3 N–H and O–H groups in total. The fourth-order valence-electron chi connectivity index (χ4n) is 1.05. The Kier molecular flexibility index (Phi) is 1.71. The summed E-state index contributed by atoms with van der Waals surface area (Å²) >= 11 is 6.71. The van der Waals surface area contributed by atoms with E-state index in [4.69, 9.17) is 16.7 Å². The third-order valence-corrected chi connectivity index (χ3v) is 2.86. The van der Waals surface area contributed by atoms with Gasteiger partial charge in [-0.1, -0.05) is 23.1 Å². The Morgan fingerprint density at radius 2 is 2.15 bits per heavy atom. The van der Waals surface area contributed by atoms with Crippen molar-refractivity contribution in [2.24, 2.45) is 0 Å². The van der Waals surface area contributed by atoms with E-state index in [2.05, 4.69) is 4.37 Å². The molecule has 0 saturated carbocycles. The predicted octanol–water partition coefficient (Wildman–Crippen LogP) is 1.65. The van der Waals surface area contributed by atoms with Crippen molar-refractivity contribution in [2.45, 2.75) is 0 Å². The second kappa shape index (κ2) is 2.65. The number of hydrogen-bond donors (Lipinski definition) is 3. The van der Waals surface area contributed by atoms with Gasteiger partial charge in [0.2, 0.25) is 0 Å². The van der Waals surface area contributed by atoms with Crippen molar-refractivity contribution >= 4 is 33.2 Å². The van der Waals surface area contributed by atoms with Crippen molar-refractivity contribution in [3.8, 4) is 11.5 Å². The second-order valence-corrected chi connectivity index (χ2v) is 3.69. The van der Waals surface area contributed by atoms with Gasteiger partial charge in [0.1, 0.15) is 5.02 Å². The van der Waals surface area contributed by atoms with Gasteiger partial charge in [-0.3, -0.25) is 9.17 Å². The zero-order valence-corrected chi connectivity index (χ0v) is 7.74. The summed E-state index contributed by atoms with van der Waals surface area (Å²) in [6.07, 6.45) is 0. The molecule has 1 aromatic heterocycles. The molecule has 1 heterocycles. The molecular formula is C7H4ClNO3S. The van der Waals surface area contributed by atoms with E-state index in [9.17, 15) is 9.90 Å². The highest BCUT2D eigenvalue weighted by atomic mass is 35.5. The standard InChI is InChI=1S/C7H4ClNO3S/c8-5-4-3(13-9-7(4)12)1-2(10)6(5)11/h1,10-11H,(H,9,12). The van der Waals surface area contributed by atoms with Crippen molar-refractivity contribution in [3.05, 3.63) is 21.4 Å². The Balaban J connectivity index is 3.06. The number of fused-ring (bicyclic) bond motifs is 1. The number of phenols is 2. The number of H-pyrrole nitrogens is 1. The topological polar surface area (TPSA) is 73.3 Å². The molecule has 0 aliphatic rings. The maximum atomic E-state index is 11.1. The minimum Gasteiger partial charge on any atom is -0.504 e. The van der Waals surface area contributed by atoms with Gasteiger partial charge in [0.05, 0.1) is 10.1 Å². The largest absolute Gasteiger partial charge is 0.504 e. The number of hydrogen-bond acceptors (Lipinski definition) is 4. The van der Waals surface area contributed by atoms with Gasteiger partial charge < -0.3 is 10.2 Å². The van der Waals surface area contributed by atoms with E-state index in [0.29, 0.717) is 4.70 Å². The molecule has 0 aliphatic carbocycles. The molecule has 2 rings (SSSR count).